The molecule has 0 aromatic heterocycles. The van der Waals surface area contributed by atoms with Crippen LogP contribution in [0.3, 0.4) is 0 Å². The Kier molecular flexibility index (Phi) is 7.38. The first-order valence-corrected chi connectivity index (χ1v) is 8.39. The summed E-state index contributed by atoms with van der Waals surface area (Å²) >= 11 is 0. The summed E-state index contributed by atoms with van der Waals surface area (Å²) in [6.45, 7) is 14.1. The minimum Gasteiger partial charge on any atom is -0.314 e. The van der Waals surface area contributed by atoms with Crippen molar-refractivity contribution in [2.24, 2.45) is 17.8 Å². The third-order valence-electron chi connectivity index (χ3n) is 5.03. The molecule has 2 heteroatoms. The van der Waals surface area contributed by atoms with Gasteiger partial charge in [-0.1, -0.05) is 20.8 Å². The average Bonchev–Trinajstić information content (AvgIpc) is 2.36. The molecule has 0 bridgehead atoms. The van der Waals surface area contributed by atoms with Gasteiger partial charge in [-0.25, -0.2) is 0 Å². The molecule has 1 N–H and O–H groups in total. The van der Waals surface area contributed by atoms with Gasteiger partial charge < -0.3 is 10.2 Å². The maximum absolute atomic E-state index is 3.80. The molecular weight excluding hydrogens is 232 g/mol. The van der Waals surface area contributed by atoms with Crippen molar-refractivity contribution in [3.63, 3.8) is 0 Å². The van der Waals surface area contributed by atoms with E-state index in [1.54, 1.807) is 0 Å². The van der Waals surface area contributed by atoms with Gasteiger partial charge in [0, 0.05) is 18.6 Å². The molecule has 0 amide bonds. The van der Waals surface area contributed by atoms with E-state index in [4.69, 9.17) is 0 Å². The second kappa shape index (κ2) is 8.26. The molecule has 114 valence electrons. The molecule has 1 aliphatic carbocycles. The lowest BCUT2D eigenvalue weighted by atomic mass is 9.73. The van der Waals surface area contributed by atoms with E-state index < -0.39 is 0 Å². The SMILES string of the molecule is CCCNC1CCC(C(C)C)CC1CN(C)C(C)C. The van der Waals surface area contributed by atoms with Crippen LogP contribution in [-0.4, -0.2) is 37.1 Å². The van der Waals surface area contributed by atoms with Gasteiger partial charge in [-0.15, -0.1) is 0 Å². The van der Waals surface area contributed by atoms with E-state index >= 15 is 0 Å². The monoisotopic (exact) mass is 268 g/mol. The van der Waals surface area contributed by atoms with Gasteiger partial charge in [-0.05, 0) is 70.9 Å². The standard InChI is InChI=1S/C17H36N2/c1-7-10-18-17-9-8-15(13(2)3)11-16(17)12-19(6)14(4)5/h13-18H,7-12H2,1-6H3. The van der Waals surface area contributed by atoms with Crippen LogP contribution in [0, 0.1) is 17.8 Å². The van der Waals surface area contributed by atoms with Crippen LogP contribution in [-0.2, 0) is 0 Å². The number of hydrogen-bond donors (Lipinski definition) is 1. The first-order chi connectivity index (χ1) is 8.95. The van der Waals surface area contributed by atoms with E-state index in [9.17, 15) is 0 Å². The molecular formula is C17H36N2. The van der Waals surface area contributed by atoms with Crippen LogP contribution in [0.5, 0.6) is 0 Å². The second-order valence-corrected chi connectivity index (χ2v) is 7.17. The fourth-order valence-electron chi connectivity index (χ4n) is 3.29. The maximum atomic E-state index is 3.80. The Morgan fingerprint density at radius 1 is 1.16 bits per heavy atom. The van der Waals surface area contributed by atoms with Gasteiger partial charge in [-0.3, -0.25) is 0 Å². The summed E-state index contributed by atoms with van der Waals surface area (Å²) in [5.41, 5.74) is 0. The molecule has 0 radical (unpaired) electrons. The molecule has 1 rings (SSSR count). The molecule has 1 aliphatic rings. The molecule has 3 unspecified atom stereocenters. The molecule has 0 saturated heterocycles. The van der Waals surface area contributed by atoms with Crippen molar-refractivity contribution in [2.45, 2.75) is 72.4 Å². The van der Waals surface area contributed by atoms with Crippen LogP contribution >= 0.6 is 0 Å². The fourth-order valence-corrected chi connectivity index (χ4v) is 3.29. The first-order valence-electron chi connectivity index (χ1n) is 8.39. The highest BCUT2D eigenvalue weighted by Crippen LogP contribution is 2.34. The minimum atomic E-state index is 0.659. The molecule has 1 saturated carbocycles. The van der Waals surface area contributed by atoms with E-state index in [0.717, 1.165) is 23.8 Å². The van der Waals surface area contributed by atoms with Gasteiger partial charge in [-0.2, -0.15) is 0 Å². The summed E-state index contributed by atoms with van der Waals surface area (Å²) in [4.78, 5) is 2.52. The Morgan fingerprint density at radius 2 is 1.84 bits per heavy atom. The zero-order chi connectivity index (χ0) is 14.4. The third kappa shape index (κ3) is 5.43. The van der Waals surface area contributed by atoms with Crippen molar-refractivity contribution < 1.29 is 0 Å². The van der Waals surface area contributed by atoms with Gasteiger partial charge >= 0.3 is 0 Å². The average molecular weight is 268 g/mol. The van der Waals surface area contributed by atoms with Crippen molar-refractivity contribution in [3.8, 4) is 0 Å². The van der Waals surface area contributed by atoms with Crippen LogP contribution in [0.2, 0.25) is 0 Å². The van der Waals surface area contributed by atoms with E-state index in [2.05, 4.69) is 51.9 Å². The molecule has 3 atom stereocenters. The quantitative estimate of drug-likeness (QED) is 0.756. The van der Waals surface area contributed by atoms with Gasteiger partial charge in [0.2, 0.25) is 0 Å². The predicted octanol–water partition coefficient (Wildman–Crippen LogP) is 3.77. The minimum absolute atomic E-state index is 0.659. The summed E-state index contributed by atoms with van der Waals surface area (Å²) in [6.07, 6.45) is 5.45. The smallest absolute Gasteiger partial charge is 0.0108 e. The highest BCUT2D eigenvalue weighted by Gasteiger charge is 2.32. The number of hydrogen-bond acceptors (Lipinski definition) is 2. The van der Waals surface area contributed by atoms with E-state index in [1.807, 2.05) is 0 Å². The van der Waals surface area contributed by atoms with Crippen LogP contribution in [0.1, 0.15) is 60.3 Å². The lowest BCUT2D eigenvalue weighted by Crippen LogP contribution is -2.47. The van der Waals surface area contributed by atoms with E-state index in [0.29, 0.717) is 6.04 Å². The Hall–Kier alpha value is -0.0800. The highest BCUT2D eigenvalue weighted by atomic mass is 15.1. The second-order valence-electron chi connectivity index (χ2n) is 7.17. The fraction of sp³-hybridized carbons (Fsp3) is 1.00. The Bertz CT molecular complexity index is 235. The van der Waals surface area contributed by atoms with E-state index in [1.165, 1.54) is 38.8 Å². The third-order valence-corrected chi connectivity index (χ3v) is 5.03. The Labute approximate surface area is 121 Å². The molecule has 0 aliphatic heterocycles. The molecule has 0 aromatic carbocycles. The number of rotatable bonds is 7. The summed E-state index contributed by atoms with van der Waals surface area (Å²) in [5.74, 6) is 2.62. The number of nitrogens with zero attached hydrogens (tertiary/aromatic N) is 1. The molecule has 0 heterocycles. The van der Waals surface area contributed by atoms with Crippen LogP contribution in [0.15, 0.2) is 0 Å². The molecule has 2 nitrogen and oxygen atoms in total. The zero-order valence-electron chi connectivity index (χ0n) is 14.1. The van der Waals surface area contributed by atoms with Gasteiger partial charge in [0.15, 0.2) is 0 Å². The summed E-state index contributed by atoms with van der Waals surface area (Å²) in [6, 6.07) is 1.41. The van der Waals surface area contributed by atoms with Crippen molar-refractivity contribution in [1.82, 2.24) is 10.2 Å². The highest BCUT2D eigenvalue weighted by molar-refractivity contribution is 4.87. The van der Waals surface area contributed by atoms with Crippen LogP contribution in [0.25, 0.3) is 0 Å². The summed E-state index contributed by atoms with van der Waals surface area (Å²) in [5, 5.41) is 3.80. The molecule has 1 fully saturated rings. The molecule has 19 heavy (non-hydrogen) atoms. The normalized spacial score (nSPS) is 28.6. The van der Waals surface area contributed by atoms with E-state index in [-0.39, 0.29) is 0 Å². The van der Waals surface area contributed by atoms with Crippen molar-refractivity contribution in [2.75, 3.05) is 20.1 Å². The van der Waals surface area contributed by atoms with Crippen LogP contribution < -0.4 is 5.32 Å². The zero-order valence-corrected chi connectivity index (χ0v) is 14.1. The largest absolute Gasteiger partial charge is 0.314 e. The lowest BCUT2D eigenvalue weighted by Gasteiger charge is -2.40. The number of nitrogens with one attached hydrogen (secondary N) is 1. The van der Waals surface area contributed by atoms with Crippen molar-refractivity contribution >= 4 is 0 Å². The first kappa shape index (κ1) is 17.0. The van der Waals surface area contributed by atoms with Gasteiger partial charge in [0.1, 0.15) is 0 Å². The maximum Gasteiger partial charge on any atom is 0.0108 e. The van der Waals surface area contributed by atoms with Gasteiger partial charge in [0.25, 0.3) is 0 Å². The Balaban J connectivity index is 2.59. The predicted molar refractivity (Wildman–Crippen MR) is 85.5 cm³/mol. The van der Waals surface area contributed by atoms with Gasteiger partial charge in [0.05, 0.1) is 0 Å². The topological polar surface area (TPSA) is 15.3 Å². The van der Waals surface area contributed by atoms with Crippen LogP contribution in [0.4, 0.5) is 0 Å². The molecule has 0 aromatic rings. The summed E-state index contributed by atoms with van der Waals surface area (Å²) < 4.78 is 0. The summed E-state index contributed by atoms with van der Waals surface area (Å²) in [7, 11) is 2.28. The van der Waals surface area contributed by atoms with Crippen molar-refractivity contribution in [1.29, 1.82) is 0 Å². The molecule has 0 spiro atoms. The Morgan fingerprint density at radius 3 is 2.37 bits per heavy atom. The lowest BCUT2D eigenvalue weighted by molar-refractivity contribution is 0.120. The van der Waals surface area contributed by atoms with Crippen molar-refractivity contribution in [3.05, 3.63) is 0 Å².